The van der Waals surface area contributed by atoms with Gasteiger partial charge in [0.25, 0.3) is 0 Å². The summed E-state index contributed by atoms with van der Waals surface area (Å²) in [6.07, 6.45) is 0. The summed E-state index contributed by atoms with van der Waals surface area (Å²) in [5.74, 6) is 0. The molecule has 0 radical (unpaired) electrons. The minimum Gasteiger partial charge on any atom is -0.241 e. The summed E-state index contributed by atoms with van der Waals surface area (Å²) < 4.78 is 2.05. The molecule has 0 bridgehead atoms. The Labute approximate surface area is 93.1 Å². The Balaban J connectivity index is 2.35. The molecule has 0 N–H and O–H groups in total. The van der Waals surface area contributed by atoms with Gasteiger partial charge >= 0.3 is 0 Å². The highest BCUT2D eigenvalue weighted by atomic mass is 15.6. The molecule has 4 heteroatoms. The number of aryl methyl sites for hydroxylation is 2. The van der Waals surface area contributed by atoms with Crippen LogP contribution >= 0.6 is 0 Å². The monoisotopic (exact) mass is 212 g/mol. The molecule has 0 aliphatic heterocycles. The number of benzene rings is 1. The first-order valence-electron chi connectivity index (χ1n) is 5.23. The van der Waals surface area contributed by atoms with Gasteiger partial charge < -0.3 is 0 Å². The molecule has 0 saturated heterocycles. The third-order valence-electron chi connectivity index (χ3n) is 2.76. The Hall–Kier alpha value is -2.10. The highest BCUT2D eigenvalue weighted by Gasteiger charge is 2.08. The predicted molar refractivity (Wildman–Crippen MR) is 62.2 cm³/mol. The van der Waals surface area contributed by atoms with Crippen molar-refractivity contribution >= 4 is 11.0 Å². The summed E-state index contributed by atoms with van der Waals surface area (Å²) in [7, 11) is 0. The fourth-order valence-corrected chi connectivity index (χ4v) is 1.96. The van der Waals surface area contributed by atoms with Crippen molar-refractivity contribution in [3.8, 4) is 0 Å². The SMILES string of the molecule is Cc1ccc(C)n1-n1nnc2ccccc21. The van der Waals surface area contributed by atoms with Gasteiger partial charge in [-0.1, -0.05) is 12.1 Å². The number of para-hydroxylation sites is 1. The molecule has 80 valence electrons. The molecule has 0 fully saturated rings. The molecule has 2 heterocycles. The topological polar surface area (TPSA) is 35.6 Å². The zero-order chi connectivity index (χ0) is 11.1. The smallest absolute Gasteiger partial charge is 0.115 e. The molecule has 3 aromatic rings. The summed E-state index contributed by atoms with van der Waals surface area (Å²) >= 11 is 0. The van der Waals surface area contributed by atoms with Crippen molar-refractivity contribution in [1.82, 2.24) is 19.8 Å². The van der Waals surface area contributed by atoms with Crippen molar-refractivity contribution in [2.24, 2.45) is 0 Å². The first kappa shape index (κ1) is 9.15. The van der Waals surface area contributed by atoms with Crippen LogP contribution in [0.4, 0.5) is 0 Å². The van der Waals surface area contributed by atoms with Crippen molar-refractivity contribution in [2.75, 3.05) is 0 Å². The van der Waals surface area contributed by atoms with Crippen LogP contribution in [0.5, 0.6) is 0 Å². The standard InChI is InChI=1S/C12H12N4/c1-9-7-8-10(2)15(9)16-12-6-4-3-5-11(12)13-14-16/h3-8H,1-2H3. The van der Waals surface area contributed by atoms with Crippen LogP contribution in [-0.4, -0.2) is 19.8 Å². The molecule has 0 amide bonds. The molecule has 0 spiro atoms. The van der Waals surface area contributed by atoms with Crippen molar-refractivity contribution in [3.05, 3.63) is 47.8 Å². The van der Waals surface area contributed by atoms with Crippen molar-refractivity contribution in [2.45, 2.75) is 13.8 Å². The molecule has 0 unspecified atom stereocenters. The normalized spacial score (nSPS) is 11.1. The van der Waals surface area contributed by atoms with Gasteiger partial charge in [0.2, 0.25) is 0 Å². The van der Waals surface area contributed by atoms with E-state index in [2.05, 4.69) is 41.0 Å². The van der Waals surface area contributed by atoms with Gasteiger partial charge in [-0.25, -0.2) is 4.68 Å². The predicted octanol–water partition coefficient (Wildman–Crippen LogP) is 2.16. The van der Waals surface area contributed by atoms with Gasteiger partial charge in [-0.2, -0.15) is 0 Å². The fourth-order valence-electron chi connectivity index (χ4n) is 1.96. The molecule has 0 aliphatic rings. The second-order valence-electron chi connectivity index (χ2n) is 3.90. The Morgan fingerprint density at radius 3 is 2.38 bits per heavy atom. The number of nitrogens with zero attached hydrogens (tertiary/aromatic N) is 4. The highest BCUT2D eigenvalue weighted by Crippen LogP contribution is 2.14. The second-order valence-corrected chi connectivity index (χ2v) is 3.90. The van der Waals surface area contributed by atoms with E-state index in [9.17, 15) is 0 Å². The maximum atomic E-state index is 4.19. The van der Waals surface area contributed by atoms with Gasteiger partial charge in [0.05, 0.1) is 0 Å². The fraction of sp³-hybridized carbons (Fsp3) is 0.167. The van der Waals surface area contributed by atoms with Crippen LogP contribution in [0.2, 0.25) is 0 Å². The average molecular weight is 212 g/mol. The zero-order valence-corrected chi connectivity index (χ0v) is 9.25. The third-order valence-corrected chi connectivity index (χ3v) is 2.76. The van der Waals surface area contributed by atoms with Crippen molar-refractivity contribution in [3.63, 3.8) is 0 Å². The lowest BCUT2D eigenvalue weighted by Gasteiger charge is -2.08. The lowest BCUT2D eigenvalue weighted by Crippen LogP contribution is -2.13. The van der Waals surface area contributed by atoms with Crippen LogP contribution in [0.25, 0.3) is 11.0 Å². The Kier molecular flexibility index (Phi) is 1.83. The lowest BCUT2D eigenvalue weighted by atomic mass is 10.3. The van der Waals surface area contributed by atoms with Gasteiger partial charge in [0.1, 0.15) is 11.0 Å². The highest BCUT2D eigenvalue weighted by molar-refractivity contribution is 5.73. The van der Waals surface area contributed by atoms with Crippen LogP contribution in [-0.2, 0) is 0 Å². The van der Waals surface area contributed by atoms with E-state index in [1.54, 1.807) is 0 Å². The zero-order valence-electron chi connectivity index (χ0n) is 9.25. The van der Waals surface area contributed by atoms with E-state index in [0.717, 1.165) is 22.4 Å². The quantitative estimate of drug-likeness (QED) is 0.619. The average Bonchev–Trinajstić information content (AvgIpc) is 2.83. The van der Waals surface area contributed by atoms with Gasteiger partial charge in [-0.3, -0.25) is 0 Å². The van der Waals surface area contributed by atoms with Crippen LogP contribution in [0.3, 0.4) is 0 Å². The first-order valence-corrected chi connectivity index (χ1v) is 5.23. The number of hydrogen-bond acceptors (Lipinski definition) is 2. The Bertz CT molecular complexity index is 628. The Morgan fingerprint density at radius 1 is 0.938 bits per heavy atom. The minimum atomic E-state index is 0.912. The summed E-state index contributed by atoms with van der Waals surface area (Å²) in [6.45, 7) is 4.12. The summed E-state index contributed by atoms with van der Waals surface area (Å²) in [5, 5.41) is 8.34. The molecule has 2 aromatic heterocycles. The largest absolute Gasteiger partial charge is 0.241 e. The summed E-state index contributed by atoms with van der Waals surface area (Å²) in [4.78, 5) is 1.83. The Morgan fingerprint density at radius 2 is 1.62 bits per heavy atom. The minimum absolute atomic E-state index is 0.912. The molecular formula is C12H12N4. The maximum absolute atomic E-state index is 4.19. The van der Waals surface area contributed by atoms with Crippen molar-refractivity contribution < 1.29 is 0 Å². The van der Waals surface area contributed by atoms with E-state index in [0.29, 0.717) is 0 Å². The molecule has 0 atom stereocenters. The molecule has 3 rings (SSSR count). The van der Waals surface area contributed by atoms with Crippen LogP contribution in [0, 0.1) is 13.8 Å². The molecular weight excluding hydrogens is 200 g/mol. The van der Waals surface area contributed by atoms with E-state index >= 15 is 0 Å². The van der Waals surface area contributed by atoms with E-state index in [1.807, 2.05) is 29.1 Å². The van der Waals surface area contributed by atoms with Gasteiger partial charge in [-0.15, -0.1) is 9.89 Å². The number of hydrogen-bond donors (Lipinski definition) is 0. The number of rotatable bonds is 1. The second kappa shape index (κ2) is 3.20. The maximum Gasteiger partial charge on any atom is 0.115 e. The van der Waals surface area contributed by atoms with E-state index in [-0.39, 0.29) is 0 Å². The van der Waals surface area contributed by atoms with E-state index < -0.39 is 0 Å². The van der Waals surface area contributed by atoms with E-state index in [1.165, 1.54) is 0 Å². The van der Waals surface area contributed by atoms with Crippen LogP contribution < -0.4 is 0 Å². The number of fused-ring (bicyclic) bond motifs is 1. The van der Waals surface area contributed by atoms with Crippen LogP contribution in [0.1, 0.15) is 11.4 Å². The van der Waals surface area contributed by atoms with Crippen molar-refractivity contribution in [1.29, 1.82) is 0 Å². The molecule has 16 heavy (non-hydrogen) atoms. The molecule has 1 aromatic carbocycles. The first-order chi connectivity index (χ1) is 7.77. The number of aromatic nitrogens is 4. The van der Waals surface area contributed by atoms with Gasteiger partial charge in [-0.05, 0) is 43.3 Å². The lowest BCUT2D eigenvalue weighted by molar-refractivity contribution is 0.545. The van der Waals surface area contributed by atoms with E-state index in [4.69, 9.17) is 0 Å². The summed E-state index contributed by atoms with van der Waals surface area (Å²) in [6, 6.07) is 12.1. The van der Waals surface area contributed by atoms with Crippen LogP contribution in [0.15, 0.2) is 36.4 Å². The van der Waals surface area contributed by atoms with Gasteiger partial charge in [0.15, 0.2) is 0 Å². The summed E-state index contributed by atoms with van der Waals surface area (Å²) in [5.41, 5.74) is 4.22. The molecule has 0 aliphatic carbocycles. The van der Waals surface area contributed by atoms with Gasteiger partial charge in [0, 0.05) is 11.4 Å². The molecule has 0 saturated carbocycles. The molecule has 4 nitrogen and oxygen atoms in total. The third kappa shape index (κ3) is 1.16.